The van der Waals surface area contributed by atoms with Crippen LogP contribution in [0.4, 0.5) is 0 Å². The molecule has 1 heterocycles. The number of allylic oxidation sites excluding steroid dienone is 2. The number of carbonyl (C=O) groups is 2. The molecule has 9 saturated carbocycles. The van der Waals surface area contributed by atoms with Crippen molar-refractivity contribution in [3.63, 3.8) is 0 Å². The SMILES string of the molecule is CNC1Cc2c(cccc2CO)C#CCCC23CCC4C(O)(CC5CC6C(C=CCC6C6CCCC6)CC6C(O)C7(CCC8CC(c9ccccc9)CCC87)CC4(C=O)C56O)C2(O)CC2CC1C1OC(=O)C=C1C23CO. The van der Waals surface area contributed by atoms with Crippen molar-refractivity contribution in [1.82, 2.24) is 5.32 Å². The molecule has 4 bridgehead atoms. The van der Waals surface area contributed by atoms with E-state index in [1.54, 1.807) is 6.08 Å². The van der Waals surface area contributed by atoms with Crippen molar-refractivity contribution in [2.75, 3.05) is 13.7 Å². The van der Waals surface area contributed by atoms with Crippen LogP contribution < -0.4 is 5.32 Å². The lowest BCUT2D eigenvalue weighted by Crippen LogP contribution is -2.83. The van der Waals surface area contributed by atoms with E-state index in [4.69, 9.17) is 4.74 Å². The molecular weight excluding hydrogens is 951 g/mol. The monoisotopic (exact) mass is 1030 g/mol. The molecule has 406 valence electrons. The van der Waals surface area contributed by atoms with Gasteiger partial charge in [0.25, 0.3) is 0 Å². The lowest BCUT2D eigenvalue weighted by molar-refractivity contribution is -0.361. The molecule has 2 spiro atoms. The Labute approximate surface area is 449 Å². The number of ether oxygens (including phenoxy) is 1. The van der Waals surface area contributed by atoms with Gasteiger partial charge in [-0.2, -0.15) is 0 Å². The molecule has 15 rings (SSSR count). The summed E-state index contributed by atoms with van der Waals surface area (Å²) >= 11 is 0. The molecule has 7 N–H and O–H groups in total. The fraction of sp³-hybridized carbons (Fsp3) is 0.697. The minimum absolute atomic E-state index is 0.0883. The number of hydrogen-bond donors (Lipinski definition) is 7. The summed E-state index contributed by atoms with van der Waals surface area (Å²) in [6.45, 7) is -0.495. The number of aliphatic hydroxyl groups excluding tert-OH is 3. The molecular formula is C66H83NO9. The number of benzene rings is 2. The first-order valence-corrected chi connectivity index (χ1v) is 30.2. The van der Waals surface area contributed by atoms with Gasteiger partial charge < -0.3 is 45.5 Å². The summed E-state index contributed by atoms with van der Waals surface area (Å²) in [5.74, 6) is 6.08. The molecule has 12 aliphatic carbocycles. The van der Waals surface area contributed by atoms with Gasteiger partial charge in [-0.1, -0.05) is 92.1 Å². The molecule has 2 aromatic carbocycles. The molecule has 10 heteroatoms. The van der Waals surface area contributed by atoms with Gasteiger partial charge in [-0.15, -0.1) is 0 Å². The van der Waals surface area contributed by atoms with Crippen LogP contribution in [0, 0.1) is 98.6 Å². The Morgan fingerprint density at radius 1 is 0.829 bits per heavy atom. The van der Waals surface area contributed by atoms with E-state index in [9.17, 15) is 30.3 Å². The second-order valence-electron chi connectivity index (χ2n) is 27.7. The maximum Gasteiger partial charge on any atom is 0.331 e. The number of aliphatic hydroxyl groups is 6. The molecule has 1 aliphatic heterocycles. The van der Waals surface area contributed by atoms with Crippen LogP contribution in [-0.2, 0) is 27.4 Å². The Hall–Kier alpha value is -3.66. The molecule has 0 aromatic heterocycles. The zero-order valence-corrected chi connectivity index (χ0v) is 44.8. The van der Waals surface area contributed by atoms with Crippen LogP contribution in [-0.4, -0.2) is 91.6 Å². The van der Waals surface area contributed by atoms with Gasteiger partial charge in [0.05, 0.1) is 35.9 Å². The zero-order valence-electron chi connectivity index (χ0n) is 44.8. The van der Waals surface area contributed by atoms with Crippen LogP contribution in [0.5, 0.6) is 0 Å². The number of fused-ring (bicyclic) bond motifs is 9. The lowest BCUT2D eigenvalue weighted by Gasteiger charge is -2.74. The molecule has 0 saturated heterocycles. The summed E-state index contributed by atoms with van der Waals surface area (Å²) < 4.78 is 6.41. The van der Waals surface area contributed by atoms with Crippen LogP contribution in [0.2, 0.25) is 0 Å². The molecule has 21 atom stereocenters. The molecule has 10 nitrogen and oxygen atoms in total. The second-order valence-corrected chi connectivity index (χ2v) is 27.7. The van der Waals surface area contributed by atoms with Gasteiger partial charge in [-0.25, -0.2) is 4.79 Å². The van der Waals surface area contributed by atoms with E-state index in [0.29, 0.717) is 80.6 Å². The van der Waals surface area contributed by atoms with Gasteiger partial charge in [0.2, 0.25) is 0 Å². The second kappa shape index (κ2) is 17.9. The number of hydrogen-bond acceptors (Lipinski definition) is 10. The van der Waals surface area contributed by atoms with Crippen molar-refractivity contribution in [2.24, 2.45) is 86.8 Å². The summed E-state index contributed by atoms with van der Waals surface area (Å²) in [4.78, 5) is 29.5. The van der Waals surface area contributed by atoms with Crippen molar-refractivity contribution in [3.8, 4) is 11.8 Å². The predicted octanol–water partition coefficient (Wildman–Crippen LogP) is 8.27. The highest BCUT2D eigenvalue weighted by Crippen LogP contribution is 2.83. The fourth-order valence-electron chi connectivity index (χ4n) is 23.3. The maximum atomic E-state index is 15.5. The van der Waals surface area contributed by atoms with Gasteiger partial charge in [0, 0.05) is 58.1 Å². The Bertz CT molecular complexity index is 2780. The topological polar surface area (TPSA) is 177 Å². The Balaban J connectivity index is 0.946. The Morgan fingerprint density at radius 3 is 2.42 bits per heavy atom. The van der Waals surface area contributed by atoms with Crippen molar-refractivity contribution in [1.29, 1.82) is 0 Å². The van der Waals surface area contributed by atoms with Crippen molar-refractivity contribution in [2.45, 2.75) is 182 Å². The average Bonchev–Trinajstić information content (AvgIpc) is 3.08. The molecule has 13 aliphatic rings. The molecule has 0 amide bonds. The van der Waals surface area contributed by atoms with Gasteiger partial charge in [0.1, 0.15) is 18.0 Å². The van der Waals surface area contributed by atoms with Crippen LogP contribution >= 0.6 is 0 Å². The third-order valence-electron chi connectivity index (χ3n) is 26.1. The largest absolute Gasteiger partial charge is 0.454 e. The first-order chi connectivity index (χ1) is 36.8. The fourth-order valence-corrected chi connectivity index (χ4v) is 23.3. The minimum atomic E-state index is -1.89. The quantitative estimate of drug-likeness (QED) is 0.0646. The van der Waals surface area contributed by atoms with Crippen LogP contribution in [0.1, 0.15) is 157 Å². The molecule has 2 aromatic rings. The van der Waals surface area contributed by atoms with Gasteiger partial charge in [-0.3, -0.25) is 0 Å². The van der Waals surface area contributed by atoms with E-state index in [1.165, 1.54) is 31.2 Å². The highest BCUT2D eigenvalue weighted by Gasteiger charge is 2.87. The third kappa shape index (κ3) is 6.37. The van der Waals surface area contributed by atoms with E-state index >= 15 is 9.90 Å². The van der Waals surface area contributed by atoms with Gasteiger partial charge in [0.15, 0.2) is 0 Å². The van der Waals surface area contributed by atoms with Crippen LogP contribution in [0.25, 0.3) is 0 Å². The Morgan fingerprint density at radius 2 is 1.64 bits per heavy atom. The van der Waals surface area contributed by atoms with Crippen molar-refractivity contribution in [3.05, 3.63) is 94.6 Å². The average molecular weight is 1030 g/mol. The first kappa shape index (κ1) is 50.6. The van der Waals surface area contributed by atoms with Crippen LogP contribution in [0.15, 0.2) is 72.3 Å². The molecule has 9 fully saturated rings. The van der Waals surface area contributed by atoms with E-state index in [-0.39, 0.29) is 68.1 Å². The summed E-state index contributed by atoms with van der Waals surface area (Å²) in [5.41, 5.74) is -5.26. The van der Waals surface area contributed by atoms with E-state index in [0.717, 1.165) is 61.5 Å². The number of rotatable bonds is 6. The summed E-state index contributed by atoms with van der Waals surface area (Å²) in [7, 11) is 1.92. The first-order valence-electron chi connectivity index (χ1n) is 30.2. The summed E-state index contributed by atoms with van der Waals surface area (Å²) in [6, 6.07) is 16.5. The van der Waals surface area contributed by atoms with E-state index in [1.807, 2.05) is 25.2 Å². The normalized spacial score (nSPS) is 49.6. The predicted molar refractivity (Wildman–Crippen MR) is 287 cm³/mol. The zero-order chi connectivity index (χ0) is 52.2. The van der Waals surface area contributed by atoms with Crippen LogP contribution in [0.3, 0.4) is 0 Å². The number of carbonyl (C=O) groups excluding carboxylic acids is 2. The summed E-state index contributed by atoms with van der Waals surface area (Å²) in [6.07, 6.45) is 20.5. The Kier molecular flexibility index (Phi) is 11.9. The lowest BCUT2D eigenvalue weighted by atomic mass is 9.32. The summed E-state index contributed by atoms with van der Waals surface area (Å²) in [5, 5.41) is 85.2. The standard InChI is InChI=1S/C66H83NO9/c1-67-55-31-49-41(16-9-18-45(49)35-68)15-7-8-24-62-26-23-56-61(37-69)36-60(25-22-44-27-42(20-21-52(44)60)39-11-3-2-4-12-39)59(72)54-28-43-17-10-19-48(40-13-5-6-14-40)50(43)30-47(66(54,61)75)33-64(56,73)65(62,74)34-46-29-51(55)58-53(32-57(71)76-58)63(46,62)38-70/h2-4,9-12,16-18,32,37,40,42-44,46-48,50-52,54-56,58-59,67-68,70,72-75H,5-6,8,13-14,19-31,33-36,38H2,1H3. The van der Waals surface area contributed by atoms with Crippen molar-refractivity contribution < 1.29 is 45.0 Å². The van der Waals surface area contributed by atoms with Gasteiger partial charge >= 0.3 is 5.97 Å². The molecule has 76 heavy (non-hydrogen) atoms. The highest BCUT2D eigenvalue weighted by molar-refractivity contribution is 5.87. The number of likely N-dealkylation sites (N-methyl/N-ethyl adjacent to an activating group) is 1. The minimum Gasteiger partial charge on any atom is -0.454 e. The highest BCUT2D eigenvalue weighted by atomic mass is 16.5. The van der Waals surface area contributed by atoms with E-state index in [2.05, 4.69) is 59.6 Å². The number of nitrogens with one attached hydrogen (secondary N) is 1. The molecule has 0 radical (unpaired) electrons. The number of aldehydes is 1. The number of esters is 1. The maximum absolute atomic E-state index is 15.5. The third-order valence-corrected chi connectivity index (χ3v) is 26.1. The molecule has 21 unspecified atom stereocenters. The van der Waals surface area contributed by atoms with Gasteiger partial charge in [-0.05, 0) is 191 Å². The smallest absolute Gasteiger partial charge is 0.331 e. The van der Waals surface area contributed by atoms with Crippen molar-refractivity contribution >= 4 is 12.3 Å². The van der Waals surface area contributed by atoms with E-state index < -0.39 is 74.4 Å².